The van der Waals surface area contributed by atoms with Gasteiger partial charge in [0.05, 0.1) is 27.3 Å². The average molecular weight is 542 g/mol. The first kappa shape index (κ1) is 28.6. The summed E-state index contributed by atoms with van der Waals surface area (Å²) >= 11 is 3.22. The topological polar surface area (TPSA) is 70.6 Å². The van der Waals surface area contributed by atoms with Crippen molar-refractivity contribution in [2.75, 3.05) is 43.1 Å². The van der Waals surface area contributed by atoms with Crippen LogP contribution in [-0.4, -0.2) is 62.4 Å². The molecule has 0 spiro atoms. The minimum absolute atomic E-state index is 0. The number of likely N-dealkylation sites (N-methyl/N-ethyl adjacent to an activating group) is 1. The molecule has 0 unspecified atom stereocenters. The van der Waals surface area contributed by atoms with Gasteiger partial charge >= 0.3 is 0 Å². The summed E-state index contributed by atoms with van der Waals surface area (Å²) in [5.41, 5.74) is 1.68. The number of sulfone groups is 1. The van der Waals surface area contributed by atoms with E-state index < -0.39 is 9.84 Å². The van der Waals surface area contributed by atoms with Gasteiger partial charge < -0.3 is 4.90 Å². The number of nitrogens with zero attached hydrogens (tertiary/aromatic N) is 3. The number of amides is 1. The van der Waals surface area contributed by atoms with Crippen LogP contribution in [0.25, 0.3) is 10.2 Å². The van der Waals surface area contributed by atoms with Gasteiger partial charge in [-0.3, -0.25) is 9.69 Å². The molecule has 0 saturated carbocycles. The second-order valence-electron chi connectivity index (χ2n) is 7.63. The zero-order valence-corrected chi connectivity index (χ0v) is 23.2. The van der Waals surface area contributed by atoms with Gasteiger partial charge in [-0.1, -0.05) is 44.2 Å². The Morgan fingerprint density at radius 1 is 1.03 bits per heavy atom. The molecule has 0 saturated heterocycles. The summed E-state index contributed by atoms with van der Waals surface area (Å²) < 4.78 is 25.2. The van der Waals surface area contributed by atoms with Crippen LogP contribution in [0.5, 0.6) is 0 Å². The minimum atomic E-state index is -3.26. The molecule has 0 aliphatic heterocycles. The number of fused-ring (bicyclic) bond motifs is 1. The number of hydrogen-bond acceptors (Lipinski definition) is 7. The Hall–Kier alpha value is -1.65. The molecule has 0 atom stereocenters. The lowest BCUT2D eigenvalue weighted by Gasteiger charge is -2.24. The van der Waals surface area contributed by atoms with E-state index in [0.717, 1.165) is 35.4 Å². The summed E-state index contributed by atoms with van der Waals surface area (Å²) in [5.74, 6) is 0.0118. The predicted molar refractivity (Wildman–Crippen MR) is 147 cm³/mol. The van der Waals surface area contributed by atoms with E-state index in [-0.39, 0.29) is 35.4 Å². The first-order valence-electron chi connectivity index (χ1n) is 11.1. The van der Waals surface area contributed by atoms with Crippen LogP contribution in [0.3, 0.4) is 0 Å². The smallest absolute Gasteiger partial charge is 0.233 e. The van der Waals surface area contributed by atoms with Crippen molar-refractivity contribution in [3.8, 4) is 0 Å². The number of carbonyl (C=O) groups is 1. The molecule has 2 aromatic carbocycles. The fraction of sp³-hybridized carbons (Fsp3) is 0.417. The Bertz CT molecular complexity index is 1190. The van der Waals surface area contributed by atoms with Crippen LogP contribution in [0.1, 0.15) is 26.3 Å². The average Bonchev–Trinajstić information content (AvgIpc) is 3.24. The van der Waals surface area contributed by atoms with Crippen molar-refractivity contribution in [1.82, 2.24) is 9.88 Å². The van der Waals surface area contributed by atoms with E-state index in [2.05, 4.69) is 24.8 Å². The molecule has 10 heteroatoms. The SMILES string of the molecule is CCN(CC)CCN(C(=O)Cc1ccc(S(=O)(=O)CC)cc1)c1nc2ccc(SC)cc2s1.Cl. The van der Waals surface area contributed by atoms with E-state index >= 15 is 0 Å². The number of thiazole rings is 1. The molecule has 1 aromatic heterocycles. The van der Waals surface area contributed by atoms with Crippen LogP contribution >= 0.6 is 35.5 Å². The van der Waals surface area contributed by atoms with E-state index in [4.69, 9.17) is 4.98 Å². The summed E-state index contributed by atoms with van der Waals surface area (Å²) in [6, 6.07) is 12.8. The van der Waals surface area contributed by atoms with E-state index in [0.29, 0.717) is 11.7 Å². The van der Waals surface area contributed by atoms with Crippen molar-refractivity contribution in [2.45, 2.75) is 37.0 Å². The maximum atomic E-state index is 13.4. The first-order valence-corrected chi connectivity index (χ1v) is 14.8. The number of anilines is 1. The molecule has 6 nitrogen and oxygen atoms in total. The predicted octanol–water partition coefficient (Wildman–Crippen LogP) is 5.15. The van der Waals surface area contributed by atoms with Crippen LogP contribution < -0.4 is 4.90 Å². The summed E-state index contributed by atoms with van der Waals surface area (Å²) in [6.07, 6.45) is 2.23. The molecule has 34 heavy (non-hydrogen) atoms. The van der Waals surface area contributed by atoms with Crippen LogP contribution in [0.4, 0.5) is 5.13 Å². The summed E-state index contributed by atoms with van der Waals surface area (Å²) in [7, 11) is -3.26. The Labute approximate surface area is 217 Å². The van der Waals surface area contributed by atoms with Gasteiger partial charge in [-0.05, 0) is 55.2 Å². The molecule has 1 heterocycles. The quantitative estimate of drug-likeness (QED) is 0.313. The molecule has 0 aliphatic rings. The second kappa shape index (κ2) is 12.9. The molecule has 0 N–H and O–H groups in total. The second-order valence-corrected chi connectivity index (χ2v) is 11.8. The van der Waals surface area contributed by atoms with Gasteiger partial charge in [0, 0.05) is 18.0 Å². The standard InChI is InChI=1S/C24H31N3O3S3.ClH/c1-5-26(6-2)14-15-27(24-25-21-13-10-19(31-4)17-22(21)32-24)23(28)16-18-8-11-20(12-9-18)33(29,30)7-3;/h8-13,17H,5-7,14-16H2,1-4H3;1H. The van der Waals surface area contributed by atoms with Crippen molar-refractivity contribution >= 4 is 66.6 Å². The summed E-state index contributed by atoms with van der Waals surface area (Å²) in [6.45, 7) is 9.01. The highest BCUT2D eigenvalue weighted by Gasteiger charge is 2.21. The molecule has 0 bridgehead atoms. The Morgan fingerprint density at radius 2 is 1.71 bits per heavy atom. The number of benzene rings is 2. The van der Waals surface area contributed by atoms with Crippen LogP contribution in [0.2, 0.25) is 0 Å². The van der Waals surface area contributed by atoms with E-state index in [1.165, 1.54) is 16.2 Å². The normalized spacial score (nSPS) is 11.6. The number of rotatable bonds is 11. The highest BCUT2D eigenvalue weighted by atomic mass is 35.5. The molecule has 0 aliphatic carbocycles. The van der Waals surface area contributed by atoms with Gasteiger partial charge in [-0.2, -0.15) is 0 Å². The van der Waals surface area contributed by atoms with Gasteiger partial charge in [0.1, 0.15) is 0 Å². The lowest BCUT2D eigenvalue weighted by atomic mass is 10.1. The van der Waals surface area contributed by atoms with Gasteiger partial charge in [0.25, 0.3) is 0 Å². The lowest BCUT2D eigenvalue weighted by Crippen LogP contribution is -2.39. The van der Waals surface area contributed by atoms with Crippen molar-refractivity contribution in [1.29, 1.82) is 0 Å². The highest BCUT2D eigenvalue weighted by Crippen LogP contribution is 2.32. The minimum Gasteiger partial charge on any atom is -0.302 e. The van der Waals surface area contributed by atoms with E-state index in [9.17, 15) is 13.2 Å². The van der Waals surface area contributed by atoms with E-state index in [1.807, 2.05) is 18.4 Å². The monoisotopic (exact) mass is 541 g/mol. The molecule has 0 fully saturated rings. The number of thioether (sulfide) groups is 1. The third-order valence-corrected chi connectivity index (χ3v) is 9.19. The fourth-order valence-corrected chi connectivity index (χ4v) is 5.94. The Kier molecular flexibility index (Phi) is 10.8. The van der Waals surface area contributed by atoms with Crippen LogP contribution in [0, 0.1) is 0 Å². The number of aromatic nitrogens is 1. The number of carbonyl (C=O) groups excluding carboxylic acids is 1. The summed E-state index contributed by atoms with van der Waals surface area (Å²) in [5, 5.41) is 0.700. The van der Waals surface area contributed by atoms with Gasteiger partial charge in [0.2, 0.25) is 5.91 Å². The van der Waals surface area contributed by atoms with Gasteiger partial charge in [0.15, 0.2) is 15.0 Å². The number of hydrogen-bond donors (Lipinski definition) is 0. The highest BCUT2D eigenvalue weighted by molar-refractivity contribution is 7.98. The molecular formula is C24H32ClN3O3S3. The fourth-order valence-electron chi connectivity index (χ4n) is 3.49. The van der Waals surface area contributed by atoms with Crippen LogP contribution in [-0.2, 0) is 21.1 Å². The van der Waals surface area contributed by atoms with Crippen molar-refractivity contribution in [3.63, 3.8) is 0 Å². The third kappa shape index (κ3) is 6.95. The van der Waals surface area contributed by atoms with Crippen LogP contribution in [0.15, 0.2) is 52.3 Å². The maximum Gasteiger partial charge on any atom is 0.233 e. The molecule has 3 rings (SSSR count). The van der Waals surface area contributed by atoms with Crippen molar-refractivity contribution < 1.29 is 13.2 Å². The van der Waals surface area contributed by atoms with Gasteiger partial charge in [-0.25, -0.2) is 13.4 Å². The van der Waals surface area contributed by atoms with Crippen molar-refractivity contribution in [2.24, 2.45) is 0 Å². The molecule has 3 aromatic rings. The molecule has 186 valence electrons. The first-order chi connectivity index (χ1) is 15.8. The van der Waals surface area contributed by atoms with E-state index in [1.54, 1.807) is 47.9 Å². The summed E-state index contributed by atoms with van der Waals surface area (Å²) in [4.78, 5) is 23.7. The Balaban J connectivity index is 0.00000408. The Morgan fingerprint density at radius 3 is 2.29 bits per heavy atom. The molecule has 0 radical (unpaired) electrons. The maximum absolute atomic E-state index is 13.4. The number of halogens is 1. The third-order valence-electron chi connectivity index (χ3n) is 5.67. The van der Waals surface area contributed by atoms with Crippen molar-refractivity contribution in [3.05, 3.63) is 48.0 Å². The molecule has 1 amide bonds. The lowest BCUT2D eigenvalue weighted by molar-refractivity contribution is -0.118. The largest absolute Gasteiger partial charge is 0.302 e. The zero-order chi connectivity index (χ0) is 24.0. The van der Waals surface area contributed by atoms with Gasteiger partial charge in [-0.15, -0.1) is 24.2 Å². The zero-order valence-electron chi connectivity index (χ0n) is 20.0. The molecular weight excluding hydrogens is 510 g/mol.